The molecule has 0 radical (unpaired) electrons. The number of allylic oxidation sites excluding steroid dienone is 2. The molecule has 52 nitrogen and oxygen atoms in total. The van der Waals surface area contributed by atoms with Crippen LogP contribution in [0.15, 0.2) is 73.4 Å². The lowest BCUT2D eigenvalue weighted by atomic mass is 9.78. The Morgan fingerprint density at radius 2 is 0.865 bits per heavy atom. The fourth-order valence-electron chi connectivity index (χ4n) is 11.5. The van der Waals surface area contributed by atoms with Gasteiger partial charge in [0.25, 0.3) is 0 Å². The summed E-state index contributed by atoms with van der Waals surface area (Å²) in [6.45, 7) is -6.65. The second kappa shape index (κ2) is 29.4. The maximum atomic E-state index is 15.2. The van der Waals surface area contributed by atoms with Crippen LogP contribution in [0.25, 0.3) is 22.3 Å². The van der Waals surface area contributed by atoms with Crippen LogP contribution < -0.4 is 34.4 Å². The second-order valence-electron chi connectivity index (χ2n) is 23.3. The number of anilines is 2. The molecular weight excluding hydrogens is 1540 g/mol. The molecule has 26 N–H and O–H groups in total. The van der Waals surface area contributed by atoms with Gasteiger partial charge in [0.05, 0.1) is 25.9 Å². The van der Waals surface area contributed by atoms with Gasteiger partial charge in [-0.05, 0) is 12.8 Å². The number of fused-ring (bicyclic) bond motifs is 2. The molecule has 0 aromatic carbocycles. The summed E-state index contributed by atoms with van der Waals surface area (Å²) in [6, 6.07) is 0. The van der Waals surface area contributed by atoms with Crippen molar-refractivity contribution in [2.24, 2.45) is 22.9 Å². The van der Waals surface area contributed by atoms with Gasteiger partial charge in [-0.3, -0.25) is 66.9 Å². The predicted octanol–water partition coefficient (Wildman–Crippen LogP) is -6.89. The molecule has 4 aromatic rings. The number of carbonyl (C=O) groups excluding carboxylic acids is 4. The Hall–Kier alpha value is -6.20. The number of aliphatic hydroxyl groups excluding tert-OH is 4. The van der Waals surface area contributed by atoms with Crippen LogP contribution in [-0.2, 0) is 101 Å². The summed E-state index contributed by atoms with van der Waals surface area (Å²) < 4.78 is 142. The van der Waals surface area contributed by atoms with Crippen molar-refractivity contribution in [2.45, 2.75) is 122 Å². The van der Waals surface area contributed by atoms with Crippen LogP contribution in [0.5, 0.6) is 0 Å². The van der Waals surface area contributed by atoms with E-state index in [0.29, 0.717) is 21.8 Å². The standard InChI is InChI=1S/C46H64N16O36P6/c47-33-25-37(55-15-53-33)61(17-57-25)41-31(95-99(73,74)75)45(71,43(51,93-41)13-89-103(83,84)97-101(79,80)87-11-21-27(65)29(67)39(91-21)59-7-1-3-19(9-59)35(49)69)23(63)5-6-24(64)46(72)32(96-100(76,77)78)42(62-18-58-26-34(48)54-16-56-38(26)62)94-44(46,52)14-90-104(85,86)98-102(81,82)88-12-22-28(66)30(68)40(92-22)60-8-2-4-20(10-60)36(50)70/h1-2,7-10,15-18,21-22,27-32,39-42,65-68,71-72H,3-6,11-14,51-52H2,(H2,49,69)(H2,50,70)(H,79,80)(H,81,82)(H,83,84)(H,85,86)(H2,47,53,55)(H2,48,54,56)(H2,73,74,75)(H2,76,77,78)/t21-,22-,27-,28-,29-,30-,31+,32+,39-,40-,41-,42-,43-,44-,45-,46-/m1/s1. The first-order valence-corrected chi connectivity index (χ1v) is 38.2. The van der Waals surface area contributed by atoms with Gasteiger partial charge in [-0.15, -0.1) is 0 Å². The Morgan fingerprint density at radius 3 is 1.20 bits per heavy atom. The molecular formula is C46H64N16O36P6. The molecule has 574 valence electrons. The molecule has 4 aromatic heterocycles. The molecule has 10 rings (SSSR count). The summed E-state index contributed by atoms with van der Waals surface area (Å²) in [6.07, 6.45) is -18.1. The number of amides is 2. The van der Waals surface area contributed by atoms with Crippen LogP contribution in [-0.4, -0.2) is 252 Å². The van der Waals surface area contributed by atoms with E-state index in [0.717, 1.165) is 34.9 Å². The molecule has 4 unspecified atom stereocenters. The number of ketones is 2. The van der Waals surface area contributed by atoms with E-state index in [4.69, 9.17) is 80.5 Å². The number of nitrogens with two attached hydrogens (primary N) is 6. The number of aromatic nitrogens is 8. The molecule has 20 atom stereocenters. The van der Waals surface area contributed by atoms with Crippen LogP contribution in [0.1, 0.15) is 38.1 Å². The van der Waals surface area contributed by atoms with Gasteiger partial charge in [-0.2, -0.15) is 8.62 Å². The number of carbonyl (C=O) groups is 4. The minimum Gasteiger partial charge on any atom is -0.387 e. The number of rotatable bonds is 31. The Bertz CT molecular complexity index is 4190. The van der Waals surface area contributed by atoms with Gasteiger partial charge in [0.15, 0.2) is 94.3 Å². The number of nitrogens with zero attached hydrogens (tertiary/aromatic N) is 10. The molecule has 0 saturated carbocycles. The summed E-state index contributed by atoms with van der Waals surface area (Å²) >= 11 is 0. The normalized spacial score (nSPS) is 33.3. The van der Waals surface area contributed by atoms with Crippen LogP contribution >= 0.6 is 46.9 Å². The number of ether oxygens (including phenoxy) is 4. The van der Waals surface area contributed by atoms with Crippen LogP contribution in [0.4, 0.5) is 11.6 Å². The Balaban J connectivity index is 0.931. The van der Waals surface area contributed by atoms with Gasteiger partial charge in [-0.25, -0.2) is 57.3 Å². The number of phosphoric ester groups is 6. The molecule has 0 spiro atoms. The first-order valence-electron chi connectivity index (χ1n) is 29.2. The van der Waals surface area contributed by atoms with E-state index < -0.39 is 229 Å². The third-order valence-electron chi connectivity index (χ3n) is 16.4. The van der Waals surface area contributed by atoms with E-state index >= 15 is 9.59 Å². The monoisotopic (exact) mass is 1600 g/mol. The van der Waals surface area contributed by atoms with Crippen molar-refractivity contribution in [3.05, 3.63) is 73.4 Å². The highest BCUT2D eigenvalue weighted by molar-refractivity contribution is 7.61. The number of phosphoric acid groups is 6. The Labute approximate surface area is 578 Å². The minimum atomic E-state index is -6.35. The van der Waals surface area contributed by atoms with E-state index in [9.17, 15) is 107 Å². The lowest BCUT2D eigenvalue weighted by Gasteiger charge is -2.39. The third-order valence-corrected chi connectivity index (χ3v) is 22.6. The highest BCUT2D eigenvalue weighted by atomic mass is 31.3. The smallest absolute Gasteiger partial charge is 0.387 e. The zero-order valence-corrected chi connectivity index (χ0v) is 57.6. The maximum absolute atomic E-state index is 15.2. The summed E-state index contributed by atoms with van der Waals surface area (Å²) in [5.41, 5.74) is 18.1. The molecule has 10 heterocycles. The largest absolute Gasteiger partial charge is 0.481 e. The van der Waals surface area contributed by atoms with Gasteiger partial charge in [0.2, 0.25) is 11.8 Å². The van der Waals surface area contributed by atoms with Crippen molar-refractivity contribution in [2.75, 3.05) is 37.9 Å². The molecule has 6 aliphatic heterocycles. The minimum absolute atomic E-state index is 0.0236. The lowest BCUT2D eigenvalue weighted by Crippen LogP contribution is -2.69. The Kier molecular flexibility index (Phi) is 22.7. The summed E-state index contributed by atoms with van der Waals surface area (Å²) in [4.78, 5) is 164. The highest BCUT2D eigenvalue weighted by Crippen LogP contribution is 2.64. The predicted molar refractivity (Wildman–Crippen MR) is 329 cm³/mol. The molecule has 6 aliphatic rings. The van der Waals surface area contributed by atoms with Gasteiger partial charge < -0.3 is 121 Å². The highest BCUT2D eigenvalue weighted by Gasteiger charge is 2.73. The SMILES string of the molecule is NC(=O)C1=CN([C@@H]2O[C@H](COP(=O)(O)OP(=O)(O)OC[C@@]3(N)O[C@@H](n4cnc5c(N)ncnc54)[C@H](OP(=O)(O)O)[C@]3(O)C(=O)CCC(=O)[C@@]3(O)[C@@H](OP(=O)(O)O)[C@H](n4cnc5c(N)ncnc54)O[C@]3(N)COP(=O)(O)OP(=O)(O)OC[C@H]3O[C@@H](N4C=CCC(C(N)=O)=C4)[C@H](O)[C@@H]3O)[C@@H](O)[C@H]2O)C=CC1. The van der Waals surface area contributed by atoms with Crippen molar-refractivity contribution in [3.8, 4) is 0 Å². The molecule has 104 heavy (non-hydrogen) atoms. The second-order valence-corrected chi connectivity index (χ2v) is 31.7. The Morgan fingerprint density at radius 1 is 0.519 bits per heavy atom. The van der Waals surface area contributed by atoms with Crippen molar-refractivity contribution in [1.82, 2.24) is 48.8 Å². The van der Waals surface area contributed by atoms with Gasteiger partial charge in [0, 0.05) is 48.8 Å². The first kappa shape index (κ1) is 80.3. The van der Waals surface area contributed by atoms with Crippen molar-refractivity contribution >= 4 is 104 Å². The van der Waals surface area contributed by atoms with E-state index in [-0.39, 0.29) is 35.0 Å². The van der Waals surface area contributed by atoms with Crippen LogP contribution in [0.3, 0.4) is 0 Å². The van der Waals surface area contributed by atoms with E-state index in [1.54, 1.807) is 0 Å². The molecule has 4 fully saturated rings. The molecule has 58 heteroatoms. The van der Waals surface area contributed by atoms with Gasteiger partial charge >= 0.3 is 46.9 Å². The number of imidazole rings is 2. The lowest BCUT2D eigenvalue weighted by molar-refractivity contribution is -0.182. The zero-order valence-electron chi connectivity index (χ0n) is 52.2. The van der Waals surface area contributed by atoms with Gasteiger partial charge in [-0.1, -0.05) is 12.2 Å². The van der Waals surface area contributed by atoms with Crippen molar-refractivity contribution < 1.29 is 171 Å². The van der Waals surface area contributed by atoms with Crippen molar-refractivity contribution in [3.63, 3.8) is 0 Å². The maximum Gasteiger partial charge on any atom is 0.481 e. The van der Waals surface area contributed by atoms with E-state index in [1.165, 1.54) is 24.6 Å². The van der Waals surface area contributed by atoms with E-state index in [2.05, 4.69) is 38.5 Å². The molecule has 2 amide bonds. The average Bonchev–Trinajstić information content (AvgIpc) is 1.56. The molecule has 4 saturated heterocycles. The number of hydrogen-bond donors (Lipinski definition) is 20. The summed E-state index contributed by atoms with van der Waals surface area (Å²) in [5, 5.41) is 68.8. The quantitative estimate of drug-likeness (QED) is 0.0208. The van der Waals surface area contributed by atoms with Crippen LogP contribution in [0, 0.1) is 0 Å². The zero-order chi connectivity index (χ0) is 76.6. The molecule has 0 aliphatic carbocycles. The topological polar surface area (TPSA) is 814 Å². The summed E-state index contributed by atoms with van der Waals surface area (Å²) in [7, 11) is -37.2. The number of nitrogen functional groups attached to an aromatic ring is 2. The van der Waals surface area contributed by atoms with Crippen molar-refractivity contribution in [1.29, 1.82) is 0 Å². The fourth-order valence-corrected chi connectivity index (χ4v) is 16.8. The first-order chi connectivity index (χ1) is 48.1. The average molecular weight is 1600 g/mol. The number of primary amides is 2. The molecule has 0 bridgehead atoms. The van der Waals surface area contributed by atoms with Gasteiger partial charge in [0.1, 0.15) is 73.5 Å². The summed E-state index contributed by atoms with van der Waals surface area (Å²) in [5.74, 6) is -6.77. The number of aliphatic hydroxyl groups is 6. The number of Topliss-reactive ketones (excluding diaryl/α,β-unsaturated/α-hetero) is 2. The number of hydrogen-bond acceptors (Lipinski definition) is 40. The van der Waals surface area contributed by atoms with Crippen LogP contribution in [0.2, 0.25) is 0 Å². The third kappa shape index (κ3) is 16.4. The fraction of sp³-hybridized carbons (Fsp3) is 0.522. The van der Waals surface area contributed by atoms with E-state index in [1.807, 2.05) is 0 Å².